The Bertz CT molecular complexity index is 1100. The van der Waals surface area contributed by atoms with Crippen LogP contribution >= 0.6 is 11.3 Å². The molecule has 0 fully saturated rings. The highest BCUT2D eigenvalue weighted by atomic mass is 32.1. The van der Waals surface area contributed by atoms with E-state index < -0.39 is 12.0 Å². The number of para-hydroxylation sites is 1. The number of nitrogens with zero attached hydrogens (tertiary/aromatic N) is 2. The smallest absolute Gasteiger partial charge is 0.323 e. The van der Waals surface area contributed by atoms with Crippen LogP contribution in [0.3, 0.4) is 0 Å². The summed E-state index contributed by atoms with van der Waals surface area (Å²) in [5, 5.41) is 0. The molecule has 0 spiro atoms. The van der Waals surface area contributed by atoms with Gasteiger partial charge in [0.25, 0.3) is 0 Å². The molecule has 0 bridgehead atoms. The summed E-state index contributed by atoms with van der Waals surface area (Å²) in [6.07, 6.45) is 0.265. The maximum absolute atomic E-state index is 13.3. The number of thiazole rings is 1. The number of aromatic nitrogens is 2. The summed E-state index contributed by atoms with van der Waals surface area (Å²) >= 11 is 1.56. The third kappa shape index (κ3) is 2.75. The van der Waals surface area contributed by atoms with Gasteiger partial charge in [0.05, 0.1) is 28.7 Å². The average Bonchev–Trinajstić information content (AvgIpc) is 3.18. The standard InChI is InChI=1S/C19H16FN3O2S/c1-25-18(24)13(21)10-15-17(11-6-8-12(20)9-7-11)22-19-23(15)14-4-2-3-5-16(14)26-19/h2-9,13H,10,21H2,1H3. The maximum atomic E-state index is 13.3. The molecule has 132 valence electrons. The summed E-state index contributed by atoms with van der Waals surface area (Å²) in [5.74, 6) is -0.794. The number of esters is 1. The second-order valence-corrected chi connectivity index (χ2v) is 6.94. The van der Waals surface area contributed by atoms with E-state index >= 15 is 0 Å². The van der Waals surface area contributed by atoms with Crippen LogP contribution < -0.4 is 5.73 Å². The Kier molecular flexibility index (Phi) is 4.18. The number of carbonyl (C=O) groups is 1. The van der Waals surface area contributed by atoms with E-state index in [-0.39, 0.29) is 12.2 Å². The van der Waals surface area contributed by atoms with Gasteiger partial charge in [-0.15, -0.1) is 0 Å². The number of ether oxygens (including phenoxy) is 1. The summed E-state index contributed by atoms with van der Waals surface area (Å²) in [7, 11) is 1.31. The van der Waals surface area contributed by atoms with Crippen molar-refractivity contribution in [2.75, 3.05) is 7.11 Å². The minimum atomic E-state index is -0.808. The molecular formula is C19H16FN3O2S. The third-order valence-corrected chi connectivity index (χ3v) is 5.31. The first-order chi connectivity index (χ1) is 12.6. The Labute approximate surface area is 152 Å². The van der Waals surface area contributed by atoms with Crippen molar-refractivity contribution in [2.24, 2.45) is 5.73 Å². The third-order valence-electron chi connectivity index (χ3n) is 4.28. The summed E-state index contributed by atoms with van der Waals surface area (Å²) < 4.78 is 21.2. The number of halogens is 1. The quantitative estimate of drug-likeness (QED) is 0.560. The minimum Gasteiger partial charge on any atom is -0.468 e. The van der Waals surface area contributed by atoms with Crippen LogP contribution in [0.1, 0.15) is 5.69 Å². The van der Waals surface area contributed by atoms with Gasteiger partial charge in [-0.25, -0.2) is 9.37 Å². The Morgan fingerprint density at radius 1 is 1.27 bits per heavy atom. The van der Waals surface area contributed by atoms with E-state index in [0.717, 1.165) is 26.4 Å². The van der Waals surface area contributed by atoms with Crippen molar-refractivity contribution in [3.8, 4) is 11.3 Å². The Balaban J connectivity index is 1.94. The normalized spacial score (nSPS) is 12.6. The maximum Gasteiger partial charge on any atom is 0.323 e. The molecule has 4 rings (SSSR count). The van der Waals surface area contributed by atoms with Crippen LogP contribution in [0.5, 0.6) is 0 Å². The van der Waals surface area contributed by atoms with E-state index in [0.29, 0.717) is 5.69 Å². The highest BCUT2D eigenvalue weighted by molar-refractivity contribution is 7.23. The number of hydrogen-bond acceptors (Lipinski definition) is 5. The van der Waals surface area contributed by atoms with E-state index in [2.05, 4.69) is 0 Å². The Hall–Kier alpha value is -2.77. The van der Waals surface area contributed by atoms with Crippen LogP contribution in [0.15, 0.2) is 48.5 Å². The highest BCUT2D eigenvalue weighted by Gasteiger charge is 2.23. The summed E-state index contributed by atoms with van der Waals surface area (Å²) in [4.78, 5) is 17.4. The van der Waals surface area contributed by atoms with Crippen molar-refractivity contribution in [1.29, 1.82) is 0 Å². The predicted octanol–water partition coefficient (Wildman–Crippen LogP) is 3.40. The summed E-state index contributed by atoms with van der Waals surface area (Å²) in [5.41, 5.74) is 9.30. The molecule has 0 amide bonds. The van der Waals surface area contributed by atoms with E-state index in [1.165, 1.54) is 19.2 Å². The zero-order chi connectivity index (χ0) is 18.3. The number of rotatable bonds is 4. The van der Waals surface area contributed by atoms with Crippen molar-refractivity contribution in [1.82, 2.24) is 9.38 Å². The van der Waals surface area contributed by atoms with Crippen LogP contribution in [0.2, 0.25) is 0 Å². The van der Waals surface area contributed by atoms with Gasteiger partial charge in [-0.05, 0) is 36.4 Å². The fraction of sp³-hybridized carbons (Fsp3) is 0.158. The largest absolute Gasteiger partial charge is 0.468 e. The van der Waals surface area contributed by atoms with Crippen LogP contribution in [-0.2, 0) is 16.0 Å². The predicted molar refractivity (Wildman–Crippen MR) is 99.7 cm³/mol. The summed E-state index contributed by atoms with van der Waals surface area (Å²) in [6.45, 7) is 0. The fourth-order valence-corrected chi connectivity index (χ4v) is 4.09. The Morgan fingerprint density at radius 2 is 2.00 bits per heavy atom. The zero-order valence-electron chi connectivity index (χ0n) is 14.0. The first kappa shape index (κ1) is 16.7. The number of benzene rings is 2. The lowest BCUT2D eigenvalue weighted by Crippen LogP contribution is -2.34. The van der Waals surface area contributed by atoms with Gasteiger partial charge in [-0.3, -0.25) is 9.20 Å². The molecule has 1 atom stereocenters. The minimum absolute atomic E-state index is 0.265. The number of fused-ring (bicyclic) bond motifs is 3. The number of hydrogen-bond donors (Lipinski definition) is 1. The van der Waals surface area contributed by atoms with Crippen molar-refractivity contribution in [3.05, 3.63) is 60.0 Å². The van der Waals surface area contributed by atoms with Crippen molar-refractivity contribution >= 4 is 32.5 Å². The molecule has 0 aliphatic heterocycles. The molecule has 5 nitrogen and oxygen atoms in total. The molecular weight excluding hydrogens is 353 g/mol. The van der Waals surface area contributed by atoms with E-state index in [1.807, 2.05) is 28.7 Å². The second kappa shape index (κ2) is 6.51. The molecule has 2 aromatic carbocycles. The van der Waals surface area contributed by atoms with Crippen molar-refractivity contribution in [2.45, 2.75) is 12.5 Å². The molecule has 0 saturated heterocycles. The Morgan fingerprint density at radius 3 is 2.73 bits per heavy atom. The van der Waals surface area contributed by atoms with Crippen LogP contribution in [0.25, 0.3) is 26.4 Å². The molecule has 0 aliphatic carbocycles. The van der Waals surface area contributed by atoms with Crippen LogP contribution in [-0.4, -0.2) is 28.5 Å². The number of nitrogens with two attached hydrogens (primary N) is 1. The zero-order valence-corrected chi connectivity index (χ0v) is 14.8. The van der Waals surface area contributed by atoms with E-state index in [1.54, 1.807) is 23.5 Å². The topological polar surface area (TPSA) is 69.6 Å². The van der Waals surface area contributed by atoms with Gasteiger partial charge in [0, 0.05) is 12.0 Å². The number of carbonyl (C=O) groups excluding carboxylic acids is 1. The van der Waals surface area contributed by atoms with Crippen LogP contribution in [0.4, 0.5) is 4.39 Å². The van der Waals surface area contributed by atoms with Gasteiger partial charge >= 0.3 is 5.97 Å². The van der Waals surface area contributed by atoms with Gasteiger partial charge in [0.15, 0.2) is 4.96 Å². The lowest BCUT2D eigenvalue weighted by molar-refractivity contribution is -0.142. The molecule has 0 aliphatic rings. The highest BCUT2D eigenvalue weighted by Crippen LogP contribution is 2.33. The first-order valence-corrected chi connectivity index (χ1v) is 8.88. The van der Waals surface area contributed by atoms with Gasteiger partial charge in [-0.1, -0.05) is 23.5 Å². The lowest BCUT2D eigenvalue weighted by atomic mass is 10.1. The molecule has 1 unspecified atom stereocenters. The molecule has 0 saturated carbocycles. The molecule has 2 heterocycles. The summed E-state index contributed by atoms with van der Waals surface area (Å²) in [6, 6.07) is 13.3. The lowest BCUT2D eigenvalue weighted by Gasteiger charge is -2.11. The van der Waals surface area contributed by atoms with Crippen LogP contribution in [0, 0.1) is 5.82 Å². The SMILES string of the molecule is COC(=O)C(N)Cc1c(-c2ccc(F)cc2)nc2sc3ccccc3n12. The number of imidazole rings is 1. The van der Waals surface area contributed by atoms with Gasteiger partial charge < -0.3 is 10.5 Å². The fourth-order valence-electron chi connectivity index (χ4n) is 3.04. The molecule has 2 N–H and O–H groups in total. The van der Waals surface area contributed by atoms with Gasteiger partial charge in [0.1, 0.15) is 11.9 Å². The van der Waals surface area contributed by atoms with Crippen molar-refractivity contribution < 1.29 is 13.9 Å². The molecule has 7 heteroatoms. The average molecular weight is 369 g/mol. The molecule has 0 radical (unpaired) electrons. The van der Waals surface area contributed by atoms with Crippen molar-refractivity contribution in [3.63, 3.8) is 0 Å². The molecule has 4 aromatic rings. The van der Waals surface area contributed by atoms with Gasteiger partial charge in [0.2, 0.25) is 0 Å². The number of methoxy groups -OCH3 is 1. The van der Waals surface area contributed by atoms with Gasteiger partial charge in [-0.2, -0.15) is 0 Å². The van der Waals surface area contributed by atoms with E-state index in [4.69, 9.17) is 15.5 Å². The molecule has 26 heavy (non-hydrogen) atoms. The van der Waals surface area contributed by atoms with E-state index in [9.17, 15) is 9.18 Å². The first-order valence-electron chi connectivity index (χ1n) is 8.06. The monoisotopic (exact) mass is 369 g/mol. The second-order valence-electron chi connectivity index (χ2n) is 5.94. The molecule has 2 aromatic heterocycles.